The Labute approximate surface area is 206 Å². The van der Waals surface area contributed by atoms with Gasteiger partial charge >= 0.3 is 0 Å². The van der Waals surface area contributed by atoms with Crippen molar-refractivity contribution in [3.8, 4) is 11.1 Å². The molecule has 0 amide bonds. The highest BCUT2D eigenvalue weighted by Crippen LogP contribution is 2.34. The predicted molar refractivity (Wildman–Crippen MR) is 132 cm³/mol. The standard InChI is InChI=1S/C26H27F2N5O3/c1-14-10-33(11-20(29)26(14)35)22-4-5-30-9-21(22)31-8-16-2-3-23-25(32-16)17(13-36-23)24-18(27)6-15(12-34)7-19(24)28/h2-7,9,13-14,20,26,31,34-35H,8,10-12,29H2,1H3. The highest BCUT2D eigenvalue weighted by molar-refractivity contribution is 5.91. The number of rotatable bonds is 6. The molecule has 1 saturated heterocycles. The number of anilines is 2. The normalized spacial score (nSPS) is 20.2. The molecule has 0 bridgehead atoms. The summed E-state index contributed by atoms with van der Waals surface area (Å²) in [5.41, 5.74) is 9.28. The number of benzene rings is 1. The maximum absolute atomic E-state index is 14.7. The second-order valence-electron chi connectivity index (χ2n) is 9.17. The molecule has 36 heavy (non-hydrogen) atoms. The Balaban J connectivity index is 1.41. The molecular weight excluding hydrogens is 468 g/mol. The summed E-state index contributed by atoms with van der Waals surface area (Å²) in [6, 6.07) is 7.21. The van der Waals surface area contributed by atoms with Crippen molar-refractivity contribution in [1.29, 1.82) is 0 Å². The van der Waals surface area contributed by atoms with E-state index in [-0.39, 0.29) is 28.7 Å². The van der Waals surface area contributed by atoms with Gasteiger partial charge in [0.2, 0.25) is 0 Å². The maximum atomic E-state index is 14.7. The van der Waals surface area contributed by atoms with Gasteiger partial charge < -0.3 is 30.6 Å². The summed E-state index contributed by atoms with van der Waals surface area (Å²) in [5, 5.41) is 22.8. The number of nitrogens with one attached hydrogen (secondary N) is 1. The fourth-order valence-corrected chi connectivity index (χ4v) is 4.70. The molecule has 0 aliphatic carbocycles. The lowest BCUT2D eigenvalue weighted by Gasteiger charge is -2.40. The average Bonchev–Trinajstić information content (AvgIpc) is 3.28. The van der Waals surface area contributed by atoms with Gasteiger partial charge in [0.25, 0.3) is 0 Å². The predicted octanol–water partition coefficient (Wildman–Crippen LogP) is 3.42. The van der Waals surface area contributed by atoms with Crippen LogP contribution in [0.25, 0.3) is 22.2 Å². The first-order valence-corrected chi connectivity index (χ1v) is 11.7. The molecule has 3 aromatic heterocycles. The minimum Gasteiger partial charge on any atom is -0.462 e. The summed E-state index contributed by atoms with van der Waals surface area (Å²) in [6.07, 6.45) is 4.15. The zero-order chi connectivity index (χ0) is 25.4. The summed E-state index contributed by atoms with van der Waals surface area (Å²) in [4.78, 5) is 11.0. The van der Waals surface area contributed by atoms with Crippen LogP contribution in [0.15, 0.2) is 53.4 Å². The first-order chi connectivity index (χ1) is 17.4. The first kappa shape index (κ1) is 24.1. The van der Waals surface area contributed by atoms with Crippen molar-refractivity contribution < 1.29 is 23.4 Å². The molecule has 8 nitrogen and oxygen atoms in total. The van der Waals surface area contributed by atoms with E-state index in [0.717, 1.165) is 23.5 Å². The van der Waals surface area contributed by atoms with Crippen molar-refractivity contribution in [3.63, 3.8) is 0 Å². The van der Waals surface area contributed by atoms with Crippen LogP contribution in [0.1, 0.15) is 18.2 Å². The second-order valence-corrected chi connectivity index (χ2v) is 9.17. The smallest absolute Gasteiger partial charge is 0.152 e. The largest absolute Gasteiger partial charge is 0.462 e. The molecule has 0 spiro atoms. The van der Waals surface area contributed by atoms with Gasteiger partial charge in [-0.05, 0) is 35.9 Å². The Morgan fingerprint density at radius 1 is 1.19 bits per heavy atom. The number of pyridine rings is 2. The zero-order valence-electron chi connectivity index (χ0n) is 19.7. The molecule has 3 unspecified atom stereocenters. The van der Waals surface area contributed by atoms with Crippen LogP contribution >= 0.6 is 0 Å². The van der Waals surface area contributed by atoms with Gasteiger partial charge in [0.1, 0.15) is 23.4 Å². The molecule has 1 aromatic carbocycles. The topological polar surface area (TPSA) is 121 Å². The molecule has 5 rings (SSSR count). The van der Waals surface area contributed by atoms with Crippen molar-refractivity contribution >= 4 is 22.5 Å². The molecule has 5 N–H and O–H groups in total. The summed E-state index contributed by atoms with van der Waals surface area (Å²) in [5.74, 6) is -1.58. The molecule has 1 aliphatic heterocycles. The third-order valence-electron chi connectivity index (χ3n) is 6.59. The van der Waals surface area contributed by atoms with Crippen molar-refractivity contribution in [2.24, 2.45) is 11.7 Å². The van der Waals surface area contributed by atoms with Gasteiger partial charge in [-0.2, -0.15) is 0 Å². The third-order valence-corrected chi connectivity index (χ3v) is 6.59. The minimum absolute atomic E-state index is 0.0191. The minimum atomic E-state index is -0.800. The fourth-order valence-electron chi connectivity index (χ4n) is 4.70. The zero-order valence-corrected chi connectivity index (χ0v) is 19.7. The molecule has 10 heteroatoms. The molecule has 4 aromatic rings. The number of nitrogens with zero attached hydrogens (tertiary/aromatic N) is 3. The van der Waals surface area contributed by atoms with E-state index in [0.29, 0.717) is 36.4 Å². The van der Waals surface area contributed by atoms with E-state index in [1.165, 1.54) is 6.26 Å². The van der Waals surface area contributed by atoms with Crippen LogP contribution in [-0.4, -0.2) is 45.4 Å². The van der Waals surface area contributed by atoms with E-state index >= 15 is 0 Å². The highest BCUT2D eigenvalue weighted by atomic mass is 19.1. The van der Waals surface area contributed by atoms with Crippen molar-refractivity contribution in [2.45, 2.75) is 32.2 Å². The van der Waals surface area contributed by atoms with Crippen LogP contribution in [0, 0.1) is 17.6 Å². The average molecular weight is 496 g/mol. The summed E-state index contributed by atoms with van der Waals surface area (Å²) >= 11 is 0. The number of nitrogens with two attached hydrogens (primary N) is 1. The monoisotopic (exact) mass is 495 g/mol. The van der Waals surface area contributed by atoms with E-state index in [4.69, 9.17) is 10.2 Å². The van der Waals surface area contributed by atoms with Gasteiger partial charge in [-0.25, -0.2) is 13.8 Å². The van der Waals surface area contributed by atoms with Crippen LogP contribution in [0.4, 0.5) is 20.2 Å². The Hall–Kier alpha value is -3.60. The van der Waals surface area contributed by atoms with Crippen molar-refractivity contribution in [3.05, 3.63) is 71.9 Å². The molecular formula is C26H27F2N5O3. The van der Waals surface area contributed by atoms with E-state index < -0.39 is 24.3 Å². The summed E-state index contributed by atoms with van der Waals surface area (Å²) in [6.45, 7) is 3.00. The number of hydrogen-bond acceptors (Lipinski definition) is 8. The van der Waals surface area contributed by atoms with Crippen LogP contribution < -0.4 is 16.0 Å². The number of halogens is 2. The van der Waals surface area contributed by atoms with Crippen LogP contribution in [0.2, 0.25) is 0 Å². The maximum Gasteiger partial charge on any atom is 0.152 e. The molecule has 0 saturated carbocycles. The molecule has 1 fully saturated rings. The Bertz CT molecular complexity index is 1360. The number of aliphatic hydroxyl groups excluding tert-OH is 2. The third kappa shape index (κ3) is 4.50. The number of furan rings is 1. The Morgan fingerprint density at radius 2 is 1.97 bits per heavy atom. The lowest BCUT2D eigenvalue weighted by Crippen LogP contribution is -2.55. The summed E-state index contributed by atoms with van der Waals surface area (Å²) < 4.78 is 34.9. The van der Waals surface area contributed by atoms with E-state index in [1.54, 1.807) is 24.5 Å². The Kier molecular flexibility index (Phi) is 6.57. The van der Waals surface area contributed by atoms with Crippen molar-refractivity contribution in [1.82, 2.24) is 9.97 Å². The van der Waals surface area contributed by atoms with Gasteiger partial charge in [-0.3, -0.25) is 4.98 Å². The first-order valence-electron chi connectivity index (χ1n) is 11.7. The van der Waals surface area contributed by atoms with Crippen LogP contribution in [0.3, 0.4) is 0 Å². The number of piperidine rings is 1. The van der Waals surface area contributed by atoms with Gasteiger partial charge in [0.15, 0.2) is 5.58 Å². The Morgan fingerprint density at radius 3 is 2.69 bits per heavy atom. The quantitative estimate of drug-likeness (QED) is 0.321. The lowest BCUT2D eigenvalue weighted by molar-refractivity contribution is 0.0785. The van der Waals surface area contributed by atoms with Gasteiger partial charge in [0, 0.05) is 31.2 Å². The van der Waals surface area contributed by atoms with Gasteiger partial charge in [-0.15, -0.1) is 0 Å². The molecule has 1 aliphatic rings. The molecule has 0 radical (unpaired) electrons. The summed E-state index contributed by atoms with van der Waals surface area (Å²) in [7, 11) is 0. The molecule has 3 atom stereocenters. The fraction of sp³-hybridized carbons (Fsp3) is 0.308. The lowest BCUT2D eigenvalue weighted by atomic mass is 9.92. The second kappa shape index (κ2) is 9.81. The van der Waals surface area contributed by atoms with Crippen LogP contribution in [-0.2, 0) is 13.2 Å². The SMILES string of the molecule is CC1CN(c2ccncc2NCc2ccc3occ(-c4c(F)cc(CO)cc4F)c3n2)CC(N)C1O. The highest BCUT2D eigenvalue weighted by Gasteiger charge is 2.31. The van der Waals surface area contributed by atoms with E-state index in [2.05, 4.69) is 20.2 Å². The van der Waals surface area contributed by atoms with Gasteiger partial charge in [0.05, 0.1) is 53.6 Å². The van der Waals surface area contributed by atoms with Gasteiger partial charge in [-0.1, -0.05) is 6.92 Å². The number of aliphatic hydroxyl groups is 2. The van der Waals surface area contributed by atoms with E-state index in [1.807, 2.05) is 13.0 Å². The number of fused-ring (bicyclic) bond motifs is 1. The number of hydrogen-bond donors (Lipinski definition) is 4. The molecule has 4 heterocycles. The van der Waals surface area contributed by atoms with Crippen molar-refractivity contribution in [2.75, 3.05) is 23.3 Å². The molecule has 188 valence electrons. The van der Waals surface area contributed by atoms with Crippen LogP contribution in [0.5, 0.6) is 0 Å². The van der Waals surface area contributed by atoms with E-state index in [9.17, 15) is 19.0 Å². The number of aromatic nitrogens is 2.